The molecule has 0 aliphatic carbocycles. The molecule has 6 heteroatoms. The average molecular weight is 312 g/mol. The first-order valence-electron chi connectivity index (χ1n) is 6.29. The molecule has 108 valence electrons. The van der Waals surface area contributed by atoms with E-state index in [0.717, 1.165) is 0 Å². The number of carbonyl (C=O) groups is 1. The van der Waals surface area contributed by atoms with E-state index in [0.29, 0.717) is 22.2 Å². The number of rotatable bonds is 2. The number of benzene rings is 2. The third kappa shape index (κ3) is 2.48. The maximum atomic E-state index is 11.6. The number of para-hydroxylation sites is 1. The summed E-state index contributed by atoms with van der Waals surface area (Å²) in [4.78, 5) is 19.2. The van der Waals surface area contributed by atoms with Crippen molar-refractivity contribution in [3.05, 3.63) is 65.1 Å². The van der Waals surface area contributed by atoms with E-state index in [4.69, 9.17) is 0 Å². The van der Waals surface area contributed by atoms with Crippen LogP contribution in [0.1, 0.15) is 10.4 Å². The molecule has 0 saturated heterocycles. The summed E-state index contributed by atoms with van der Waals surface area (Å²) in [6.07, 6.45) is 0. The lowest BCUT2D eigenvalue weighted by Gasteiger charge is -2.04. The maximum Gasteiger partial charge on any atom is 0.426 e. The zero-order valence-corrected chi connectivity index (χ0v) is 12.0. The predicted molar refractivity (Wildman–Crippen MR) is 78.9 cm³/mol. The molecule has 0 atom stereocenters. The highest BCUT2D eigenvalue weighted by Crippen LogP contribution is 2.36. The molecule has 3 aromatic rings. The highest BCUT2D eigenvalue weighted by molar-refractivity contribution is 6.10. The van der Waals surface area contributed by atoms with Gasteiger partial charge < -0.3 is 17.5 Å². The van der Waals surface area contributed by atoms with E-state index in [1.54, 1.807) is 36.4 Å². The van der Waals surface area contributed by atoms with Gasteiger partial charge in [-0.3, -0.25) is 0 Å². The molecule has 2 aromatic carbocycles. The molecule has 0 spiro atoms. The Morgan fingerprint density at radius 2 is 1.68 bits per heavy atom. The van der Waals surface area contributed by atoms with Crippen LogP contribution in [-0.2, 0) is 0 Å². The van der Waals surface area contributed by atoms with Gasteiger partial charge in [-0.2, -0.15) is 0 Å². The molecule has 0 bridgehead atoms. The van der Waals surface area contributed by atoms with Gasteiger partial charge in [0, 0.05) is 10.9 Å². The predicted octanol–water partition coefficient (Wildman–Crippen LogP) is 1.09. The number of carboxylic acid groups (broad SMARTS) is 1. The lowest BCUT2D eigenvalue weighted by molar-refractivity contribution is -0.0000200. The lowest BCUT2D eigenvalue weighted by atomic mass is 10.0. The van der Waals surface area contributed by atoms with Crippen molar-refractivity contribution >= 4 is 22.6 Å². The number of fused-ring (bicyclic) bond motifs is 1. The van der Waals surface area contributed by atoms with Gasteiger partial charge in [0.15, 0.2) is 16.2 Å². The van der Waals surface area contributed by atoms with Gasteiger partial charge in [-0.25, -0.2) is 9.78 Å². The van der Waals surface area contributed by atoms with Gasteiger partial charge >= 0.3 is 11.7 Å². The Morgan fingerprint density at radius 3 is 2.32 bits per heavy atom. The van der Waals surface area contributed by atoms with E-state index >= 15 is 0 Å². The van der Waals surface area contributed by atoms with E-state index in [9.17, 15) is 15.3 Å². The second-order valence-corrected chi connectivity index (χ2v) is 4.47. The fourth-order valence-corrected chi connectivity index (χ4v) is 2.31. The second-order valence-electron chi connectivity index (χ2n) is 4.47. The molecule has 5 nitrogen and oxygen atoms in total. The van der Waals surface area contributed by atoms with Gasteiger partial charge in [-0.15, -0.1) is 0 Å². The zero-order chi connectivity index (χ0) is 14.8. The highest BCUT2D eigenvalue weighted by Gasteiger charge is 2.30. The first-order valence-corrected chi connectivity index (χ1v) is 6.29. The van der Waals surface area contributed by atoms with Crippen molar-refractivity contribution in [3.63, 3.8) is 0 Å². The quantitative estimate of drug-likeness (QED) is 0.719. The van der Waals surface area contributed by atoms with Crippen LogP contribution in [0.3, 0.4) is 0 Å². The van der Waals surface area contributed by atoms with Crippen LogP contribution in [0.2, 0.25) is 0 Å². The molecule has 0 aliphatic heterocycles. The molecule has 0 unspecified atom stereocenters. The maximum absolute atomic E-state index is 11.6. The summed E-state index contributed by atoms with van der Waals surface area (Å²) >= 11 is 0. The molecule has 1 aromatic heterocycles. The first kappa shape index (κ1) is 15.4. The number of nitrogens with zero attached hydrogens (tertiary/aromatic N) is 3. The summed E-state index contributed by atoms with van der Waals surface area (Å²) in [5, 5.41) is 19.2. The van der Waals surface area contributed by atoms with Crippen molar-refractivity contribution in [1.82, 2.24) is 4.98 Å². The molecule has 1 N–H and O–H groups in total. The van der Waals surface area contributed by atoms with Crippen LogP contribution in [0.15, 0.2) is 54.6 Å². The molecule has 0 amide bonds. The van der Waals surface area contributed by atoms with Crippen LogP contribution in [0.25, 0.3) is 27.1 Å². The van der Waals surface area contributed by atoms with Crippen LogP contribution in [-0.4, -0.2) is 16.1 Å². The van der Waals surface area contributed by atoms with Crippen molar-refractivity contribution in [1.29, 1.82) is 5.39 Å². The third-order valence-corrected chi connectivity index (χ3v) is 3.23. The number of aromatic nitrogens is 1. The Balaban J connectivity index is 0.00000176. The molecule has 22 heavy (non-hydrogen) atoms. The number of pyridine rings is 1. The second kappa shape index (κ2) is 6.20. The van der Waals surface area contributed by atoms with Gasteiger partial charge in [0.25, 0.3) is 0 Å². The zero-order valence-electron chi connectivity index (χ0n) is 11.3. The van der Waals surface area contributed by atoms with E-state index < -0.39 is 5.97 Å². The van der Waals surface area contributed by atoms with Crippen molar-refractivity contribution in [3.8, 4) is 11.3 Å². The first-order chi connectivity index (χ1) is 10.2. The van der Waals surface area contributed by atoms with Gasteiger partial charge in [-0.05, 0) is 6.07 Å². The Hall–Kier alpha value is -2.97. The van der Waals surface area contributed by atoms with Crippen LogP contribution < -0.4 is 12.4 Å². The fourth-order valence-electron chi connectivity index (χ4n) is 2.31. The molecule has 0 saturated carbocycles. The number of halogens is 1. The highest BCUT2D eigenvalue weighted by atomic mass is 35.5. The van der Waals surface area contributed by atoms with Crippen LogP contribution >= 0.6 is 0 Å². The van der Waals surface area contributed by atoms with Crippen molar-refractivity contribution < 1.29 is 22.3 Å². The molecular formula is C16H10ClN3O2. The SMILES string of the molecule is N#[N+]c1c(-c2ccccc2)nc2ccccc2c1C(=O)O.[Cl-]. The molecule has 0 aliphatic rings. The van der Waals surface area contributed by atoms with E-state index in [-0.39, 0.29) is 23.7 Å². The number of diazo groups is 1. The van der Waals surface area contributed by atoms with E-state index in [1.807, 2.05) is 18.2 Å². The van der Waals surface area contributed by atoms with Gasteiger partial charge in [0.2, 0.25) is 5.39 Å². The molecular weight excluding hydrogens is 302 g/mol. The normalized spacial score (nSPS) is 9.77. The Morgan fingerprint density at radius 1 is 1.05 bits per heavy atom. The lowest BCUT2D eigenvalue weighted by Crippen LogP contribution is -3.00. The number of carboxylic acids is 1. The Kier molecular flexibility index (Phi) is 4.35. The van der Waals surface area contributed by atoms with Gasteiger partial charge in [0.1, 0.15) is 0 Å². The topological polar surface area (TPSA) is 78.3 Å². The fraction of sp³-hybridized carbons (Fsp3) is 0. The molecule has 1 heterocycles. The summed E-state index contributed by atoms with van der Waals surface area (Å²) in [7, 11) is 0. The van der Waals surface area contributed by atoms with Gasteiger partial charge in [-0.1, -0.05) is 48.5 Å². The minimum atomic E-state index is -1.15. The number of hydrogen-bond donors (Lipinski definition) is 1. The van der Waals surface area contributed by atoms with Gasteiger partial charge in [0.05, 0.1) is 5.52 Å². The summed E-state index contributed by atoms with van der Waals surface area (Å²) in [6.45, 7) is 0. The summed E-state index contributed by atoms with van der Waals surface area (Å²) in [5.41, 5.74) is 1.49. The summed E-state index contributed by atoms with van der Waals surface area (Å²) in [5.74, 6) is -1.15. The van der Waals surface area contributed by atoms with Crippen molar-refractivity contribution in [2.24, 2.45) is 0 Å². The minimum absolute atomic E-state index is 0. The van der Waals surface area contributed by atoms with Crippen LogP contribution in [0.4, 0.5) is 5.69 Å². The minimum Gasteiger partial charge on any atom is -1.00 e. The Bertz CT molecular complexity index is 889. The average Bonchev–Trinajstić information content (AvgIpc) is 2.53. The van der Waals surface area contributed by atoms with Crippen LogP contribution in [0.5, 0.6) is 0 Å². The number of aromatic carboxylic acids is 1. The number of hydrogen-bond acceptors (Lipinski definition) is 3. The Labute approximate surface area is 132 Å². The molecule has 0 radical (unpaired) electrons. The monoisotopic (exact) mass is 311 g/mol. The molecule has 0 fully saturated rings. The third-order valence-electron chi connectivity index (χ3n) is 3.23. The van der Waals surface area contributed by atoms with Crippen LogP contribution in [0, 0.1) is 5.39 Å². The summed E-state index contributed by atoms with van der Waals surface area (Å²) in [6, 6.07) is 15.9. The largest absolute Gasteiger partial charge is 1.00 e. The smallest absolute Gasteiger partial charge is 0.426 e. The standard InChI is InChI=1S/C16H9N3O2.ClH/c17-19-15-13(16(20)21)11-8-4-5-9-12(11)18-14(15)10-6-2-1-3-7-10;/h1-9H;1H. The molecule has 3 rings (SSSR count). The van der Waals surface area contributed by atoms with Crippen molar-refractivity contribution in [2.45, 2.75) is 0 Å². The van der Waals surface area contributed by atoms with Crippen molar-refractivity contribution in [2.75, 3.05) is 0 Å². The van der Waals surface area contributed by atoms with E-state index in [1.165, 1.54) is 0 Å². The summed E-state index contributed by atoms with van der Waals surface area (Å²) < 4.78 is 0. The van der Waals surface area contributed by atoms with E-state index in [2.05, 4.69) is 9.96 Å².